The minimum atomic E-state index is -1.17. The number of benzene rings is 2. The molecule has 0 fully saturated rings. The van der Waals surface area contributed by atoms with Gasteiger partial charge in [0.2, 0.25) is 5.91 Å². The highest BCUT2D eigenvalue weighted by Crippen LogP contribution is 2.30. The molecule has 0 bridgehead atoms. The summed E-state index contributed by atoms with van der Waals surface area (Å²) in [5.41, 5.74) is 0.115. The Morgan fingerprint density at radius 1 is 1.00 bits per heavy atom. The topological polar surface area (TPSA) is 75.2 Å². The van der Waals surface area contributed by atoms with Crippen molar-refractivity contribution in [1.82, 2.24) is 15.3 Å². The number of hydrogen-bond acceptors (Lipinski definition) is 4. The van der Waals surface area contributed by atoms with Crippen LogP contribution in [0.1, 0.15) is 49.3 Å². The summed E-state index contributed by atoms with van der Waals surface area (Å²) in [6.07, 6.45) is 4.72. The molecule has 1 heterocycles. The predicted molar refractivity (Wildman–Crippen MR) is 117 cm³/mol. The fourth-order valence-corrected chi connectivity index (χ4v) is 3.07. The van der Waals surface area contributed by atoms with Crippen molar-refractivity contribution in [3.05, 3.63) is 90.0 Å². The molecule has 6 nitrogen and oxygen atoms in total. The number of nitrogens with zero attached hydrogens (tertiary/aromatic N) is 3. The summed E-state index contributed by atoms with van der Waals surface area (Å²) in [7, 11) is 0. The van der Waals surface area contributed by atoms with Gasteiger partial charge in [0.15, 0.2) is 0 Å². The van der Waals surface area contributed by atoms with Gasteiger partial charge >= 0.3 is 0 Å². The lowest BCUT2D eigenvalue weighted by Crippen LogP contribution is -2.50. The van der Waals surface area contributed by atoms with Gasteiger partial charge in [0.25, 0.3) is 5.91 Å². The maximum absolute atomic E-state index is 13.6. The van der Waals surface area contributed by atoms with E-state index in [9.17, 15) is 18.4 Å². The van der Waals surface area contributed by atoms with Gasteiger partial charge in [0, 0.05) is 23.6 Å². The molecule has 0 radical (unpaired) electrons. The summed E-state index contributed by atoms with van der Waals surface area (Å²) in [5, 5.41) is 2.95. The van der Waals surface area contributed by atoms with E-state index in [0.29, 0.717) is 12.0 Å². The molecule has 1 aromatic heterocycles. The zero-order chi connectivity index (χ0) is 23.3. The number of nitrogens with one attached hydrogen (secondary N) is 1. The van der Waals surface area contributed by atoms with Gasteiger partial charge in [-0.15, -0.1) is 0 Å². The summed E-state index contributed by atoms with van der Waals surface area (Å²) in [4.78, 5) is 36.3. The third-order valence-electron chi connectivity index (χ3n) is 5.14. The second kappa shape index (κ2) is 9.64. The number of rotatable bonds is 7. The maximum atomic E-state index is 13.6. The van der Waals surface area contributed by atoms with Crippen molar-refractivity contribution in [2.75, 3.05) is 4.90 Å². The molecule has 8 heteroatoms. The van der Waals surface area contributed by atoms with Crippen LogP contribution in [0.15, 0.2) is 67.1 Å². The van der Waals surface area contributed by atoms with Gasteiger partial charge in [-0.25, -0.2) is 13.8 Å². The number of hydrogen-bond donors (Lipinski definition) is 1. The Labute approximate surface area is 185 Å². The zero-order valence-electron chi connectivity index (χ0n) is 18.0. The van der Waals surface area contributed by atoms with Crippen LogP contribution in [0.25, 0.3) is 0 Å². The van der Waals surface area contributed by atoms with E-state index in [2.05, 4.69) is 15.3 Å². The fraction of sp³-hybridized carbons (Fsp3) is 0.250. The quantitative estimate of drug-likeness (QED) is 0.592. The third kappa shape index (κ3) is 5.32. The standard InChI is InChI=1S/C24H24F2N4O2/c1-4-24(2,3)29-22(31)21(16-5-7-17(25)8-6-16)30(19-11-9-18(26)10-12-19)23(32)20-15-27-13-14-28-20/h5-15,21H,4H2,1-3H3,(H,29,31). The lowest BCUT2D eigenvalue weighted by atomic mass is 9.98. The highest BCUT2D eigenvalue weighted by molar-refractivity contribution is 6.09. The van der Waals surface area contributed by atoms with Gasteiger partial charge in [-0.2, -0.15) is 0 Å². The average molecular weight is 438 g/mol. The van der Waals surface area contributed by atoms with Gasteiger partial charge in [0.1, 0.15) is 23.4 Å². The molecule has 1 unspecified atom stereocenters. The van der Waals surface area contributed by atoms with E-state index in [4.69, 9.17) is 0 Å². The molecular weight excluding hydrogens is 414 g/mol. The van der Waals surface area contributed by atoms with Crippen molar-refractivity contribution in [1.29, 1.82) is 0 Å². The Balaban J connectivity index is 2.17. The van der Waals surface area contributed by atoms with Crippen LogP contribution < -0.4 is 10.2 Å². The molecule has 0 aliphatic carbocycles. The van der Waals surface area contributed by atoms with E-state index < -0.39 is 35.0 Å². The molecule has 166 valence electrons. The first-order valence-electron chi connectivity index (χ1n) is 10.1. The second-order valence-corrected chi connectivity index (χ2v) is 7.92. The number of amides is 2. The minimum Gasteiger partial charge on any atom is -0.349 e. The van der Waals surface area contributed by atoms with Crippen molar-refractivity contribution >= 4 is 17.5 Å². The predicted octanol–water partition coefficient (Wildman–Crippen LogP) is 4.45. The second-order valence-electron chi connectivity index (χ2n) is 7.92. The van der Waals surface area contributed by atoms with Gasteiger partial charge < -0.3 is 5.32 Å². The van der Waals surface area contributed by atoms with Crippen LogP contribution >= 0.6 is 0 Å². The smallest absolute Gasteiger partial charge is 0.279 e. The fourth-order valence-electron chi connectivity index (χ4n) is 3.07. The normalized spacial score (nSPS) is 12.2. The molecule has 0 saturated heterocycles. The van der Waals surface area contributed by atoms with Gasteiger partial charge in [0.05, 0.1) is 6.20 Å². The van der Waals surface area contributed by atoms with E-state index in [0.717, 1.165) is 0 Å². The van der Waals surface area contributed by atoms with Crippen molar-refractivity contribution in [2.24, 2.45) is 0 Å². The Hall–Kier alpha value is -3.68. The Morgan fingerprint density at radius 3 is 2.12 bits per heavy atom. The number of aromatic nitrogens is 2. The highest BCUT2D eigenvalue weighted by atomic mass is 19.1. The third-order valence-corrected chi connectivity index (χ3v) is 5.14. The van der Waals surface area contributed by atoms with Gasteiger partial charge in [-0.05, 0) is 62.2 Å². The Bertz CT molecular complexity index is 1070. The van der Waals surface area contributed by atoms with E-state index in [1.54, 1.807) is 0 Å². The van der Waals surface area contributed by atoms with E-state index >= 15 is 0 Å². The lowest BCUT2D eigenvalue weighted by molar-refractivity contribution is -0.124. The lowest BCUT2D eigenvalue weighted by Gasteiger charge is -2.34. The van der Waals surface area contributed by atoms with Crippen LogP contribution in [-0.4, -0.2) is 27.3 Å². The Morgan fingerprint density at radius 2 is 1.59 bits per heavy atom. The van der Waals surface area contributed by atoms with E-state index in [1.165, 1.54) is 72.0 Å². The number of anilines is 1. The molecule has 2 amide bonds. The Kier molecular flexibility index (Phi) is 6.92. The summed E-state index contributed by atoms with van der Waals surface area (Å²) >= 11 is 0. The molecule has 2 aromatic carbocycles. The van der Waals surface area contributed by atoms with Gasteiger partial charge in [-0.3, -0.25) is 19.5 Å². The molecular formula is C24H24F2N4O2. The molecule has 1 atom stereocenters. The molecule has 3 rings (SSSR count). The van der Waals surface area contributed by atoms with Crippen LogP contribution in [0.3, 0.4) is 0 Å². The molecule has 0 spiro atoms. The number of halogens is 2. The summed E-state index contributed by atoms with van der Waals surface area (Å²) in [6.45, 7) is 5.65. The van der Waals surface area contributed by atoms with Gasteiger partial charge in [-0.1, -0.05) is 19.1 Å². The zero-order valence-corrected chi connectivity index (χ0v) is 18.0. The van der Waals surface area contributed by atoms with Crippen LogP contribution in [0.4, 0.5) is 14.5 Å². The van der Waals surface area contributed by atoms with Crippen molar-refractivity contribution < 1.29 is 18.4 Å². The molecule has 3 aromatic rings. The van der Waals surface area contributed by atoms with Crippen LogP contribution in [0, 0.1) is 11.6 Å². The van der Waals surface area contributed by atoms with Crippen molar-refractivity contribution in [2.45, 2.75) is 38.8 Å². The number of carbonyl (C=O) groups is 2. The molecule has 0 saturated carbocycles. The van der Waals surface area contributed by atoms with E-state index in [-0.39, 0.29) is 11.4 Å². The molecule has 0 aliphatic heterocycles. The minimum absolute atomic E-state index is 0.00601. The SMILES string of the molecule is CCC(C)(C)NC(=O)C(c1ccc(F)cc1)N(C(=O)c1cnccn1)c1ccc(F)cc1. The summed E-state index contributed by atoms with van der Waals surface area (Å²) < 4.78 is 27.3. The van der Waals surface area contributed by atoms with Crippen LogP contribution in [0.2, 0.25) is 0 Å². The largest absolute Gasteiger partial charge is 0.349 e. The first-order valence-corrected chi connectivity index (χ1v) is 10.1. The van der Waals surface area contributed by atoms with Crippen molar-refractivity contribution in [3.63, 3.8) is 0 Å². The maximum Gasteiger partial charge on any atom is 0.279 e. The molecule has 0 aliphatic rings. The summed E-state index contributed by atoms with van der Waals surface area (Å²) in [5.74, 6) is -2.04. The number of carbonyl (C=O) groups excluding carboxylic acids is 2. The molecule has 1 N–H and O–H groups in total. The molecule has 32 heavy (non-hydrogen) atoms. The van der Waals surface area contributed by atoms with Crippen LogP contribution in [0.5, 0.6) is 0 Å². The first kappa shape index (κ1) is 23.0. The van der Waals surface area contributed by atoms with Crippen LogP contribution in [-0.2, 0) is 4.79 Å². The summed E-state index contributed by atoms with van der Waals surface area (Å²) in [6, 6.07) is 9.35. The monoisotopic (exact) mass is 438 g/mol. The highest BCUT2D eigenvalue weighted by Gasteiger charge is 2.36. The van der Waals surface area contributed by atoms with E-state index in [1.807, 2.05) is 20.8 Å². The average Bonchev–Trinajstić information content (AvgIpc) is 2.79. The first-order chi connectivity index (χ1) is 15.2. The van der Waals surface area contributed by atoms with Crippen molar-refractivity contribution in [3.8, 4) is 0 Å².